The van der Waals surface area contributed by atoms with E-state index in [4.69, 9.17) is 4.74 Å². The summed E-state index contributed by atoms with van der Waals surface area (Å²) in [7, 11) is 0. The van der Waals surface area contributed by atoms with Gasteiger partial charge in [-0.15, -0.1) is 11.3 Å². The van der Waals surface area contributed by atoms with Crippen LogP contribution in [0.5, 0.6) is 5.75 Å². The highest BCUT2D eigenvalue weighted by atomic mass is 32.1. The number of nitrogens with zero attached hydrogens (tertiary/aromatic N) is 1. The topological polar surface area (TPSA) is 51.2 Å². The van der Waals surface area contributed by atoms with Crippen LogP contribution in [0.1, 0.15) is 34.3 Å². The van der Waals surface area contributed by atoms with Gasteiger partial charge in [-0.05, 0) is 54.4 Å². The molecule has 0 radical (unpaired) electrons. The Bertz CT molecular complexity index is 1090. The van der Waals surface area contributed by atoms with E-state index in [0.717, 1.165) is 34.6 Å². The number of aromatic nitrogens is 1. The van der Waals surface area contributed by atoms with Gasteiger partial charge in [0, 0.05) is 17.7 Å². The maximum atomic E-state index is 12.5. The smallest absolute Gasteiger partial charge is 0.255 e. The maximum Gasteiger partial charge on any atom is 0.255 e. The summed E-state index contributed by atoms with van der Waals surface area (Å²) >= 11 is 1.72. The lowest BCUT2D eigenvalue weighted by molar-refractivity contribution is 0.102. The number of carbonyl (C=O) groups excluding carboxylic acids is 1. The lowest BCUT2D eigenvalue weighted by Gasteiger charge is -2.08. The van der Waals surface area contributed by atoms with Gasteiger partial charge in [-0.25, -0.2) is 4.98 Å². The van der Waals surface area contributed by atoms with Gasteiger partial charge in [-0.3, -0.25) is 4.79 Å². The van der Waals surface area contributed by atoms with Gasteiger partial charge in [0.2, 0.25) is 0 Å². The average Bonchev–Trinajstić information content (AvgIpc) is 3.16. The summed E-state index contributed by atoms with van der Waals surface area (Å²) < 4.78 is 6.81. The standard InChI is InChI=1S/C24H22N2O2S/c1-2-14-28-20-7-5-6-18(16-20)24(27)25-19-12-10-17(11-13-19)15-23-26-21-8-3-4-9-22(21)29-23/h3-13,16H,2,14-15H2,1H3,(H,25,27). The normalized spacial score (nSPS) is 10.8. The van der Waals surface area contributed by atoms with E-state index in [1.54, 1.807) is 23.5 Å². The molecular weight excluding hydrogens is 380 g/mol. The molecule has 4 rings (SSSR count). The molecule has 0 unspecified atom stereocenters. The Morgan fingerprint density at radius 3 is 2.66 bits per heavy atom. The van der Waals surface area contributed by atoms with Crippen molar-refractivity contribution < 1.29 is 9.53 Å². The highest BCUT2D eigenvalue weighted by Gasteiger charge is 2.08. The average molecular weight is 403 g/mol. The van der Waals surface area contributed by atoms with E-state index >= 15 is 0 Å². The molecule has 1 amide bonds. The number of para-hydroxylation sites is 1. The van der Waals surface area contributed by atoms with E-state index in [-0.39, 0.29) is 5.91 Å². The van der Waals surface area contributed by atoms with Crippen LogP contribution in [0.15, 0.2) is 72.8 Å². The molecule has 1 aromatic heterocycles. The zero-order chi connectivity index (χ0) is 20.1. The van der Waals surface area contributed by atoms with E-state index in [0.29, 0.717) is 17.9 Å². The van der Waals surface area contributed by atoms with E-state index in [2.05, 4.69) is 23.3 Å². The zero-order valence-electron chi connectivity index (χ0n) is 16.2. The molecule has 0 bridgehead atoms. The summed E-state index contributed by atoms with van der Waals surface area (Å²) in [6.45, 7) is 2.69. The first-order valence-corrected chi connectivity index (χ1v) is 10.5. The Labute approximate surface area is 174 Å². The van der Waals surface area contributed by atoms with Crippen molar-refractivity contribution in [3.05, 3.63) is 88.9 Å². The highest BCUT2D eigenvalue weighted by molar-refractivity contribution is 7.18. The molecule has 0 aliphatic rings. The predicted octanol–water partition coefficient (Wildman–Crippen LogP) is 5.93. The van der Waals surface area contributed by atoms with Crippen molar-refractivity contribution >= 4 is 33.1 Å². The summed E-state index contributed by atoms with van der Waals surface area (Å²) in [6, 6.07) is 23.4. The first kappa shape index (κ1) is 19.2. The van der Waals surface area contributed by atoms with E-state index in [9.17, 15) is 4.79 Å². The molecule has 3 aromatic carbocycles. The number of ether oxygens (including phenoxy) is 1. The fourth-order valence-electron chi connectivity index (χ4n) is 3.03. The Kier molecular flexibility index (Phi) is 5.86. The van der Waals surface area contributed by atoms with Crippen LogP contribution >= 0.6 is 11.3 Å². The van der Waals surface area contributed by atoms with Crippen molar-refractivity contribution in [2.45, 2.75) is 19.8 Å². The molecule has 0 saturated carbocycles. The van der Waals surface area contributed by atoms with Crippen molar-refractivity contribution in [3.8, 4) is 5.75 Å². The number of carbonyl (C=O) groups is 1. The molecular formula is C24H22N2O2S. The second-order valence-electron chi connectivity index (χ2n) is 6.78. The van der Waals surface area contributed by atoms with Crippen LogP contribution in [0.4, 0.5) is 5.69 Å². The van der Waals surface area contributed by atoms with E-state index in [1.807, 2.05) is 54.6 Å². The number of hydrogen-bond donors (Lipinski definition) is 1. The largest absolute Gasteiger partial charge is 0.494 e. The lowest BCUT2D eigenvalue weighted by atomic mass is 10.1. The Balaban J connectivity index is 1.40. The Morgan fingerprint density at radius 2 is 1.86 bits per heavy atom. The Hall–Kier alpha value is -3.18. The molecule has 0 saturated heterocycles. The van der Waals surface area contributed by atoms with Crippen LogP contribution < -0.4 is 10.1 Å². The minimum Gasteiger partial charge on any atom is -0.494 e. The van der Waals surface area contributed by atoms with Gasteiger partial charge >= 0.3 is 0 Å². The first-order valence-electron chi connectivity index (χ1n) is 9.69. The molecule has 0 spiro atoms. The van der Waals surface area contributed by atoms with Crippen LogP contribution in [0.3, 0.4) is 0 Å². The third kappa shape index (κ3) is 4.81. The monoisotopic (exact) mass is 402 g/mol. The SMILES string of the molecule is CCCOc1cccc(C(=O)Nc2ccc(Cc3nc4ccccc4s3)cc2)c1. The number of anilines is 1. The van der Waals surface area contributed by atoms with Crippen LogP contribution in [-0.2, 0) is 6.42 Å². The minimum atomic E-state index is -0.147. The summed E-state index contributed by atoms with van der Waals surface area (Å²) in [6.07, 6.45) is 1.71. The van der Waals surface area contributed by atoms with Crippen molar-refractivity contribution in [3.63, 3.8) is 0 Å². The fraction of sp³-hybridized carbons (Fsp3) is 0.167. The lowest BCUT2D eigenvalue weighted by Crippen LogP contribution is -2.12. The molecule has 1 N–H and O–H groups in total. The third-order valence-electron chi connectivity index (χ3n) is 4.47. The van der Waals surface area contributed by atoms with Crippen LogP contribution in [0.2, 0.25) is 0 Å². The van der Waals surface area contributed by atoms with Gasteiger partial charge in [0.05, 0.1) is 21.8 Å². The molecule has 1 heterocycles. The fourth-order valence-corrected chi connectivity index (χ4v) is 4.03. The van der Waals surface area contributed by atoms with Gasteiger partial charge in [0.25, 0.3) is 5.91 Å². The molecule has 4 aromatic rings. The molecule has 29 heavy (non-hydrogen) atoms. The van der Waals surface area contributed by atoms with Gasteiger partial charge in [-0.1, -0.05) is 37.3 Å². The van der Waals surface area contributed by atoms with Crippen molar-refractivity contribution in [1.82, 2.24) is 4.98 Å². The summed E-state index contributed by atoms with van der Waals surface area (Å²) in [5.74, 6) is 0.566. The molecule has 0 atom stereocenters. The van der Waals surface area contributed by atoms with Gasteiger partial charge < -0.3 is 10.1 Å². The molecule has 4 nitrogen and oxygen atoms in total. The zero-order valence-corrected chi connectivity index (χ0v) is 17.0. The van der Waals surface area contributed by atoms with Crippen molar-refractivity contribution in [2.75, 3.05) is 11.9 Å². The number of hydrogen-bond acceptors (Lipinski definition) is 4. The number of fused-ring (bicyclic) bond motifs is 1. The number of benzene rings is 3. The van der Waals surface area contributed by atoms with Crippen molar-refractivity contribution in [2.24, 2.45) is 0 Å². The van der Waals surface area contributed by atoms with Gasteiger partial charge in [-0.2, -0.15) is 0 Å². The van der Waals surface area contributed by atoms with E-state index < -0.39 is 0 Å². The highest BCUT2D eigenvalue weighted by Crippen LogP contribution is 2.24. The first-order chi connectivity index (χ1) is 14.2. The van der Waals surface area contributed by atoms with Crippen LogP contribution in [-0.4, -0.2) is 17.5 Å². The second kappa shape index (κ2) is 8.88. The quantitative estimate of drug-likeness (QED) is 0.417. The second-order valence-corrected chi connectivity index (χ2v) is 7.89. The summed E-state index contributed by atoms with van der Waals surface area (Å²) in [4.78, 5) is 17.2. The third-order valence-corrected chi connectivity index (χ3v) is 5.51. The maximum absolute atomic E-state index is 12.5. The summed E-state index contributed by atoms with van der Waals surface area (Å²) in [5, 5.41) is 4.04. The number of nitrogens with one attached hydrogen (secondary N) is 1. The molecule has 0 aliphatic carbocycles. The molecule has 5 heteroatoms. The number of amides is 1. The Morgan fingerprint density at radius 1 is 1.03 bits per heavy atom. The predicted molar refractivity (Wildman–Crippen MR) is 119 cm³/mol. The van der Waals surface area contributed by atoms with E-state index in [1.165, 1.54) is 4.70 Å². The number of thiazole rings is 1. The minimum absolute atomic E-state index is 0.147. The van der Waals surface area contributed by atoms with Crippen LogP contribution in [0, 0.1) is 0 Å². The van der Waals surface area contributed by atoms with Gasteiger partial charge in [0.1, 0.15) is 5.75 Å². The molecule has 146 valence electrons. The van der Waals surface area contributed by atoms with Crippen LogP contribution in [0.25, 0.3) is 10.2 Å². The molecule has 0 fully saturated rings. The summed E-state index contributed by atoms with van der Waals surface area (Å²) in [5.41, 5.74) is 3.55. The van der Waals surface area contributed by atoms with Crippen molar-refractivity contribution in [1.29, 1.82) is 0 Å². The number of rotatable bonds is 7. The van der Waals surface area contributed by atoms with Gasteiger partial charge in [0.15, 0.2) is 0 Å². The molecule has 0 aliphatic heterocycles.